The third-order valence-electron chi connectivity index (χ3n) is 6.95. The van der Waals surface area contributed by atoms with Crippen LogP contribution in [0.3, 0.4) is 0 Å². The molecule has 5 aromatic carbocycles. The molecule has 0 fully saturated rings. The number of nitrogens with one attached hydrogen (secondary N) is 1. The zero-order chi connectivity index (χ0) is 37.7. The first-order valence-electron chi connectivity index (χ1n) is 13.6. The lowest BCUT2D eigenvalue weighted by Gasteiger charge is -2.15. The van der Waals surface area contributed by atoms with Crippen molar-refractivity contribution in [3.63, 3.8) is 0 Å². The Morgan fingerprint density at radius 3 is 1.67 bits per heavy atom. The Kier molecular flexibility index (Phi) is 9.52. The van der Waals surface area contributed by atoms with E-state index in [-0.39, 0.29) is 33.5 Å². The number of benzene rings is 5. The molecule has 0 heterocycles. The van der Waals surface area contributed by atoms with Gasteiger partial charge in [0.15, 0.2) is 5.75 Å². The van der Waals surface area contributed by atoms with Gasteiger partial charge in [0.25, 0.3) is 40.5 Å². The van der Waals surface area contributed by atoms with Crippen molar-refractivity contribution in [2.45, 2.75) is 26.5 Å². The first-order valence-corrected chi connectivity index (χ1v) is 19.3. The maximum Gasteiger partial charge on any atom is 0.296 e. The highest BCUT2D eigenvalue weighted by molar-refractivity contribution is 7.86. The number of amides is 1. The molecule has 1 amide bonds. The first kappa shape index (κ1) is 37.0. The summed E-state index contributed by atoms with van der Waals surface area (Å²) < 4.78 is 134. The Bertz CT molecular complexity index is 2810. The monoisotopic (exact) mass is 779 g/mol. The molecule has 0 radical (unpaired) electrons. The fraction of sp³-hybridized carbons (Fsp3) is 0.0357. The van der Waals surface area contributed by atoms with Crippen LogP contribution in [-0.4, -0.2) is 62.9 Å². The maximum atomic E-state index is 12.5. The highest BCUT2D eigenvalue weighted by atomic mass is 32.2. The van der Waals surface area contributed by atoms with Crippen LogP contribution in [0.4, 0.5) is 28.4 Å². The summed E-state index contributed by atoms with van der Waals surface area (Å²) in [5.74, 6) is -1.82. The Balaban J connectivity index is 1.74. The average molecular weight is 780 g/mol. The number of azo groups is 2. The number of rotatable bonds is 9. The lowest BCUT2D eigenvalue weighted by Crippen LogP contribution is -2.08. The van der Waals surface area contributed by atoms with E-state index in [0.29, 0.717) is 6.07 Å². The van der Waals surface area contributed by atoms with E-state index in [1.807, 2.05) is 0 Å². The zero-order valence-corrected chi connectivity index (χ0v) is 28.5. The molecule has 0 aliphatic rings. The molecule has 19 nitrogen and oxygen atoms in total. The zero-order valence-electron chi connectivity index (χ0n) is 25.3. The number of anilines is 1. The molecule has 266 valence electrons. The van der Waals surface area contributed by atoms with Crippen molar-refractivity contribution < 1.29 is 61.8 Å². The van der Waals surface area contributed by atoms with Gasteiger partial charge in [0.2, 0.25) is 5.91 Å². The van der Waals surface area contributed by atoms with Crippen molar-refractivity contribution in [1.82, 2.24) is 0 Å². The molecule has 0 bridgehead atoms. The SMILES string of the molecule is CC(=O)Nc1ccc(S(=O)(=O)O)c2cc(S(=O)(=O)O)c(/N=N/c3ccc(/N=N\c4ccc(S(=O)(=O)O)cc4)c4ccc(S(=O)(=O)O)cc34)c(O)c12. The van der Waals surface area contributed by atoms with Crippen molar-refractivity contribution in [1.29, 1.82) is 0 Å². The third-order valence-corrected chi connectivity index (χ3v) is 10.4. The summed E-state index contributed by atoms with van der Waals surface area (Å²) >= 11 is 0. The van der Waals surface area contributed by atoms with Gasteiger partial charge in [-0.1, -0.05) is 6.07 Å². The van der Waals surface area contributed by atoms with E-state index in [1.54, 1.807) is 0 Å². The lowest BCUT2D eigenvalue weighted by molar-refractivity contribution is -0.114. The van der Waals surface area contributed by atoms with Crippen LogP contribution in [0.25, 0.3) is 21.5 Å². The highest BCUT2D eigenvalue weighted by Gasteiger charge is 2.27. The fourth-order valence-electron chi connectivity index (χ4n) is 4.78. The van der Waals surface area contributed by atoms with Crippen LogP contribution in [0.1, 0.15) is 6.92 Å². The average Bonchev–Trinajstić information content (AvgIpc) is 3.01. The van der Waals surface area contributed by atoms with E-state index < -0.39 is 88.2 Å². The number of hydrogen-bond donors (Lipinski definition) is 6. The predicted molar refractivity (Wildman–Crippen MR) is 178 cm³/mol. The van der Waals surface area contributed by atoms with Gasteiger partial charge in [-0.05, 0) is 66.7 Å². The van der Waals surface area contributed by atoms with Crippen molar-refractivity contribution in [3.05, 3.63) is 72.8 Å². The van der Waals surface area contributed by atoms with Crippen molar-refractivity contribution >= 4 is 96.4 Å². The second-order valence-electron chi connectivity index (χ2n) is 10.4. The molecule has 51 heavy (non-hydrogen) atoms. The predicted octanol–water partition coefficient (Wildman–Crippen LogP) is 5.47. The van der Waals surface area contributed by atoms with Gasteiger partial charge in [-0.3, -0.25) is 23.0 Å². The standard InChI is InChI=1S/C28H21N5O14S4/c1-14(34)29-23-10-11-24(50(42,43)44)20-13-25(51(45,46)47)27(28(35)26(20)23)33-32-22-9-8-21(18-7-6-17(12-19(18)22)49(39,40)41)31-30-15-2-4-16(5-3-15)48(36,37)38/h2-13,35H,1H3,(H,29,34)(H,36,37,38)(H,39,40,41)(H,42,43,44)(H,45,46,47)/b31-30-,33-32+. The van der Waals surface area contributed by atoms with Gasteiger partial charge >= 0.3 is 0 Å². The lowest BCUT2D eigenvalue weighted by atomic mass is 10.1. The minimum Gasteiger partial charge on any atom is -0.505 e. The summed E-state index contributed by atoms with van der Waals surface area (Å²) in [6.45, 7) is 1.07. The number of carbonyl (C=O) groups is 1. The summed E-state index contributed by atoms with van der Waals surface area (Å²) in [4.78, 5) is 8.74. The van der Waals surface area contributed by atoms with Crippen LogP contribution in [-0.2, 0) is 45.3 Å². The van der Waals surface area contributed by atoms with Gasteiger partial charge in [0.05, 0.1) is 37.9 Å². The molecule has 0 aliphatic carbocycles. The molecule has 5 rings (SSSR count). The molecular formula is C28H21N5O14S4. The van der Waals surface area contributed by atoms with Gasteiger partial charge in [0, 0.05) is 23.1 Å². The molecule has 6 N–H and O–H groups in total. The molecule has 0 saturated heterocycles. The molecule has 23 heteroatoms. The summed E-state index contributed by atoms with van der Waals surface area (Å²) in [6, 6.07) is 12.6. The van der Waals surface area contributed by atoms with E-state index >= 15 is 0 Å². The molecule has 0 atom stereocenters. The van der Waals surface area contributed by atoms with Crippen LogP contribution in [0, 0.1) is 0 Å². The van der Waals surface area contributed by atoms with Crippen molar-refractivity contribution in [3.8, 4) is 5.75 Å². The number of hydrogen-bond acceptors (Lipinski definition) is 14. The Hall–Kier alpha value is -5.27. The number of fused-ring (bicyclic) bond motifs is 2. The number of nitrogens with zero attached hydrogens (tertiary/aromatic N) is 4. The Morgan fingerprint density at radius 1 is 0.569 bits per heavy atom. The maximum absolute atomic E-state index is 12.5. The molecule has 0 spiro atoms. The summed E-state index contributed by atoms with van der Waals surface area (Å²) in [7, 11) is -19.7. The third kappa shape index (κ3) is 7.89. The second kappa shape index (κ2) is 13.1. The van der Waals surface area contributed by atoms with E-state index in [9.17, 15) is 57.2 Å². The number of phenolic OH excluding ortho intramolecular Hbond substituents is 1. The molecule has 0 saturated carbocycles. The van der Waals surface area contributed by atoms with Crippen LogP contribution < -0.4 is 5.32 Å². The summed E-state index contributed by atoms with van der Waals surface area (Å²) in [5, 5.41) is 28.2. The van der Waals surface area contributed by atoms with Crippen LogP contribution in [0.2, 0.25) is 0 Å². The van der Waals surface area contributed by atoms with Crippen molar-refractivity contribution in [2.75, 3.05) is 5.32 Å². The van der Waals surface area contributed by atoms with Gasteiger partial charge in [-0.25, -0.2) is 0 Å². The molecule has 0 aromatic heterocycles. The minimum atomic E-state index is -5.33. The summed E-state index contributed by atoms with van der Waals surface area (Å²) in [6.07, 6.45) is 0. The van der Waals surface area contributed by atoms with E-state index in [4.69, 9.17) is 4.55 Å². The topological polar surface area (TPSA) is 316 Å². The normalized spacial score (nSPS) is 13.0. The van der Waals surface area contributed by atoms with Gasteiger partial charge in [-0.2, -0.15) is 38.8 Å². The van der Waals surface area contributed by atoms with Crippen LogP contribution in [0.15, 0.2) is 113 Å². The Labute approximate surface area is 288 Å². The number of aromatic hydroxyl groups is 1. The smallest absolute Gasteiger partial charge is 0.296 e. The van der Waals surface area contributed by atoms with Crippen LogP contribution in [0.5, 0.6) is 5.75 Å². The Morgan fingerprint density at radius 2 is 1.12 bits per heavy atom. The molecule has 5 aromatic rings. The van der Waals surface area contributed by atoms with Gasteiger partial charge in [-0.15, -0.1) is 15.3 Å². The number of carbonyl (C=O) groups excluding carboxylic acids is 1. The van der Waals surface area contributed by atoms with Gasteiger partial charge < -0.3 is 10.4 Å². The molecule has 0 aliphatic heterocycles. The summed E-state index contributed by atoms with van der Waals surface area (Å²) in [5.41, 5.74) is -1.27. The van der Waals surface area contributed by atoms with E-state index in [1.165, 1.54) is 30.3 Å². The van der Waals surface area contributed by atoms with E-state index in [0.717, 1.165) is 43.3 Å². The molecular weight excluding hydrogens is 759 g/mol. The number of phenols is 1. The largest absolute Gasteiger partial charge is 0.505 e. The van der Waals surface area contributed by atoms with Gasteiger partial charge in [0.1, 0.15) is 15.5 Å². The quantitative estimate of drug-likeness (QED) is 0.0798. The second-order valence-corrected chi connectivity index (χ2v) is 16.0. The molecule has 0 unspecified atom stereocenters. The van der Waals surface area contributed by atoms with E-state index in [2.05, 4.69) is 25.8 Å². The first-order chi connectivity index (χ1) is 23.6. The van der Waals surface area contributed by atoms with Crippen molar-refractivity contribution in [2.24, 2.45) is 20.5 Å². The fourth-order valence-corrected chi connectivity index (χ4v) is 7.09. The van der Waals surface area contributed by atoms with Crippen LogP contribution >= 0.6 is 0 Å². The minimum absolute atomic E-state index is 0.0644. The highest BCUT2D eigenvalue weighted by Crippen LogP contribution is 2.46.